The number of halogens is 2. The number of rotatable bonds is 3. The number of aromatic nitrogens is 2. The third-order valence-corrected chi connectivity index (χ3v) is 4.43. The van der Waals surface area contributed by atoms with E-state index in [1.165, 1.54) is 24.9 Å². The van der Waals surface area contributed by atoms with Crippen LogP contribution in [0.15, 0.2) is 29.6 Å². The number of hydrogen-bond acceptors (Lipinski definition) is 6. The predicted molar refractivity (Wildman–Crippen MR) is 125 cm³/mol. The van der Waals surface area contributed by atoms with Gasteiger partial charge in [-0.3, -0.25) is 9.78 Å². The fourth-order valence-electron chi connectivity index (χ4n) is 1.52. The van der Waals surface area contributed by atoms with Crippen LogP contribution in [0, 0.1) is 6.92 Å². The van der Waals surface area contributed by atoms with Gasteiger partial charge in [-0.05, 0) is 46.1 Å². The number of pyridine rings is 2. The minimum atomic E-state index is -0.508. The third kappa shape index (κ3) is 14.8. The van der Waals surface area contributed by atoms with E-state index < -0.39 is 6.10 Å². The van der Waals surface area contributed by atoms with Crippen molar-refractivity contribution in [2.75, 3.05) is 12.9 Å². The molecule has 2 heterocycles. The van der Waals surface area contributed by atoms with Gasteiger partial charge in [0.1, 0.15) is 5.03 Å². The van der Waals surface area contributed by atoms with Gasteiger partial charge in [0.15, 0.2) is 5.78 Å². The summed E-state index contributed by atoms with van der Waals surface area (Å²) in [5, 5.41) is 18.7. The molecule has 4 radical (unpaired) electrons. The first-order valence-electron chi connectivity index (χ1n) is 7.79. The third-order valence-electron chi connectivity index (χ3n) is 2.94. The molecule has 0 aliphatic rings. The quantitative estimate of drug-likeness (QED) is 0.388. The SMILES string of the molecule is CC(=O)c1cnc(C)c(Cl)c1.CCO.CSc1ncc(C(C)O)cc1Cl.S.[B-].[Na+]. The first kappa shape index (κ1) is 36.6. The molecule has 0 spiro atoms. The topological polar surface area (TPSA) is 83.3 Å². The van der Waals surface area contributed by atoms with E-state index in [1.807, 2.05) is 6.26 Å². The van der Waals surface area contributed by atoms with E-state index in [-0.39, 0.29) is 63.9 Å². The van der Waals surface area contributed by atoms with Crippen LogP contribution in [0.2, 0.25) is 10.0 Å². The van der Waals surface area contributed by atoms with Crippen molar-refractivity contribution in [3.05, 3.63) is 51.4 Å². The van der Waals surface area contributed by atoms with Crippen LogP contribution in [0.3, 0.4) is 0 Å². The van der Waals surface area contributed by atoms with Crippen LogP contribution in [-0.2, 0) is 0 Å². The van der Waals surface area contributed by atoms with E-state index in [2.05, 4.69) is 9.97 Å². The number of aryl methyl sites for hydroxylation is 1. The van der Waals surface area contributed by atoms with Gasteiger partial charge in [-0.2, -0.15) is 13.5 Å². The molecular weight excluding hydrogens is 461 g/mol. The van der Waals surface area contributed by atoms with Crippen molar-refractivity contribution in [1.29, 1.82) is 0 Å². The van der Waals surface area contributed by atoms with E-state index in [1.54, 1.807) is 39.1 Å². The molecule has 0 aromatic carbocycles. The summed E-state index contributed by atoms with van der Waals surface area (Å²) in [5.74, 6) is -0.0144. The van der Waals surface area contributed by atoms with Gasteiger partial charge in [0.25, 0.3) is 0 Å². The Labute approximate surface area is 218 Å². The van der Waals surface area contributed by atoms with Gasteiger partial charge >= 0.3 is 29.6 Å². The standard InChI is InChI=1S/C8H10ClNOS.C8H8ClNO.C2H6O.B.Na.H2S/c1-5(11)6-3-7(9)8(12-2)10-4-6;1-5-8(9)3-7(4-10-5)6(2)11;1-2-3;;;/h3-5,11H,1-2H3;3-4H,1-2H3;3H,2H2,1H3;;;1H2/q;;;-1;+1;. The summed E-state index contributed by atoms with van der Waals surface area (Å²) in [6.45, 7) is 6.90. The van der Waals surface area contributed by atoms with Crippen molar-refractivity contribution in [2.24, 2.45) is 0 Å². The Balaban J connectivity index is -0.000000174. The van der Waals surface area contributed by atoms with Crippen molar-refractivity contribution in [3.8, 4) is 0 Å². The van der Waals surface area contributed by atoms with Crippen LogP contribution in [0.5, 0.6) is 0 Å². The molecule has 29 heavy (non-hydrogen) atoms. The zero-order valence-electron chi connectivity index (χ0n) is 17.5. The number of carbonyl (C=O) groups is 1. The van der Waals surface area contributed by atoms with E-state index in [4.69, 9.17) is 28.3 Å². The van der Waals surface area contributed by atoms with Crippen molar-refractivity contribution in [2.45, 2.75) is 38.8 Å². The maximum atomic E-state index is 10.8. The fraction of sp³-hybridized carbons (Fsp3) is 0.389. The molecule has 0 saturated heterocycles. The van der Waals surface area contributed by atoms with Crippen LogP contribution < -0.4 is 29.6 Å². The van der Waals surface area contributed by atoms with Crippen molar-refractivity contribution in [1.82, 2.24) is 9.97 Å². The van der Waals surface area contributed by atoms with Crippen molar-refractivity contribution < 1.29 is 44.6 Å². The zero-order chi connectivity index (χ0) is 20.3. The maximum Gasteiger partial charge on any atom is 1.00 e. The minimum absolute atomic E-state index is 0. The summed E-state index contributed by atoms with van der Waals surface area (Å²) >= 11 is 13.1. The molecule has 0 saturated carbocycles. The molecular formula is C18H26BCl2N2NaO3S2. The molecule has 0 fully saturated rings. The summed E-state index contributed by atoms with van der Waals surface area (Å²) in [6.07, 6.45) is 4.58. The maximum absolute atomic E-state index is 10.8. The summed E-state index contributed by atoms with van der Waals surface area (Å²) in [6, 6.07) is 3.37. The van der Waals surface area contributed by atoms with E-state index in [0.717, 1.165) is 16.3 Å². The zero-order valence-corrected chi connectivity index (χ0v) is 22.9. The Morgan fingerprint density at radius 1 is 1.21 bits per heavy atom. The minimum Gasteiger partial charge on any atom is -1.00 e. The van der Waals surface area contributed by atoms with Crippen LogP contribution >= 0.6 is 48.5 Å². The Hall–Kier alpha value is 0.235. The first-order valence-corrected chi connectivity index (χ1v) is 9.77. The van der Waals surface area contributed by atoms with E-state index in [0.29, 0.717) is 15.6 Å². The molecule has 156 valence electrons. The Bertz CT molecular complexity index is 730. The van der Waals surface area contributed by atoms with Crippen LogP contribution in [0.25, 0.3) is 0 Å². The Morgan fingerprint density at radius 3 is 2.07 bits per heavy atom. The number of carbonyl (C=O) groups excluding carboxylic acids is 1. The van der Waals surface area contributed by atoms with Gasteiger partial charge in [-0.1, -0.05) is 23.2 Å². The fourth-order valence-corrected chi connectivity index (χ4v) is 2.50. The second-order valence-electron chi connectivity index (χ2n) is 5.10. The number of ketones is 1. The number of hydrogen-bond donors (Lipinski definition) is 2. The molecule has 0 aliphatic heterocycles. The molecule has 2 N–H and O–H groups in total. The Morgan fingerprint density at radius 2 is 1.72 bits per heavy atom. The summed E-state index contributed by atoms with van der Waals surface area (Å²) < 4.78 is 0. The molecule has 1 unspecified atom stereocenters. The number of aliphatic hydroxyl groups is 2. The monoisotopic (exact) mass is 486 g/mol. The summed E-state index contributed by atoms with van der Waals surface area (Å²) in [4.78, 5) is 18.8. The average Bonchev–Trinajstić information content (AvgIpc) is 2.58. The first-order chi connectivity index (χ1) is 12.2. The van der Waals surface area contributed by atoms with Crippen LogP contribution in [0.1, 0.15) is 48.5 Å². The number of aliphatic hydroxyl groups excluding tert-OH is 2. The molecule has 1 atom stereocenters. The van der Waals surface area contributed by atoms with Gasteiger partial charge in [0.05, 0.1) is 21.8 Å². The smallest absolute Gasteiger partial charge is 1.00 e. The molecule has 2 rings (SSSR count). The Kier molecular flexibility index (Phi) is 25.4. The molecule has 0 amide bonds. The van der Waals surface area contributed by atoms with Gasteiger partial charge in [-0.15, -0.1) is 11.8 Å². The van der Waals surface area contributed by atoms with Crippen LogP contribution in [-0.4, -0.2) is 47.2 Å². The molecule has 11 heteroatoms. The van der Waals surface area contributed by atoms with Crippen molar-refractivity contribution in [3.63, 3.8) is 0 Å². The van der Waals surface area contributed by atoms with E-state index >= 15 is 0 Å². The summed E-state index contributed by atoms with van der Waals surface area (Å²) in [7, 11) is 0. The summed E-state index contributed by atoms with van der Waals surface area (Å²) in [5.41, 5.74) is 2.05. The number of Topliss-reactive ketones (excluding diaryl/α,β-unsaturated/α-hetero) is 1. The molecule has 2 aromatic heterocycles. The van der Waals surface area contributed by atoms with Crippen molar-refractivity contribution >= 4 is 62.7 Å². The normalized spacial score (nSPS) is 9.69. The second kappa shape index (κ2) is 20.2. The number of nitrogens with zero attached hydrogens (tertiary/aromatic N) is 2. The van der Waals surface area contributed by atoms with Crippen LogP contribution in [0.4, 0.5) is 0 Å². The van der Waals surface area contributed by atoms with Gasteiger partial charge in [0, 0.05) is 30.1 Å². The molecule has 5 nitrogen and oxygen atoms in total. The van der Waals surface area contributed by atoms with E-state index in [9.17, 15) is 9.90 Å². The molecule has 0 aliphatic carbocycles. The molecule has 0 bridgehead atoms. The predicted octanol–water partition coefficient (Wildman–Crippen LogP) is 1.49. The number of thioether (sulfide) groups is 1. The largest absolute Gasteiger partial charge is 1.00 e. The van der Waals surface area contributed by atoms with Gasteiger partial charge < -0.3 is 18.6 Å². The second-order valence-corrected chi connectivity index (χ2v) is 6.71. The van der Waals surface area contributed by atoms with Gasteiger partial charge in [-0.25, -0.2) is 4.98 Å². The average molecular weight is 487 g/mol. The molecule has 2 aromatic rings. The van der Waals surface area contributed by atoms with Gasteiger partial charge in [0.2, 0.25) is 0 Å².